The number of carbonyl (C=O) groups excluding carboxylic acids is 1. The van der Waals surface area contributed by atoms with E-state index in [2.05, 4.69) is 24.1 Å². The average Bonchev–Trinajstić information content (AvgIpc) is 2.36. The Kier molecular flexibility index (Phi) is 3.32. The Morgan fingerprint density at radius 3 is 2.94 bits per heavy atom. The number of anilines is 3. The highest BCUT2D eigenvalue weighted by atomic mass is 16.5. The van der Waals surface area contributed by atoms with Gasteiger partial charge < -0.3 is 20.7 Å². The molecule has 0 saturated heterocycles. The molecule has 18 heavy (non-hydrogen) atoms. The predicted octanol–water partition coefficient (Wildman–Crippen LogP) is 1.83. The number of amides is 1. The van der Waals surface area contributed by atoms with Gasteiger partial charge in [-0.2, -0.15) is 0 Å². The van der Waals surface area contributed by atoms with E-state index in [1.54, 1.807) is 6.07 Å². The summed E-state index contributed by atoms with van der Waals surface area (Å²) in [7, 11) is 2.00. The van der Waals surface area contributed by atoms with Crippen LogP contribution in [-0.2, 0) is 4.79 Å². The van der Waals surface area contributed by atoms with Crippen molar-refractivity contribution < 1.29 is 9.53 Å². The average molecular weight is 249 g/mol. The molecule has 3 N–H and O–H groups in total. The van der Waals surface area contributed by atoms with Crippen LogP contribution in [0.25, 0.3) is 0 Å². The van der Waals surface area contributed by atoms with Crippen molar-refractivity contribution in [2.24, 2.45) is 0 Å². The van der Waals surface area contributed by atoms with Crippen molar-refractivity contribution in [2.75, 3.05) is 29.6 Å². The second kappa shape index (κ2) is 4.76. The zero-order chi connectivity index (χ0) is 13.3. The topological polar surface area (TPSA) is 67.6 Å². The molecule has 1 atom stereocenters. The van der Waals surface area contributed by atoms with E-state index in [0.717, 1.165) is 12.1 Å². The molecule has 2 rings (SSSR count). The molecule has 1 amide bonds. The lowest BCUT2D eigenvalue weighted by molar-refractivity contribution is -0.118. The Labute approximate surface area is 107 Å². The van der Waals surface area contributed by atoms with E-state index < -0.39 is 0 Å². The van der Waals surface area contributed by atoms with Gasteiger partial charge in [-0.05, 0) is 19.4 Å². The van der Waals surface area contributed by atoms with Crippen molar-refractivity contribution in [3.63, 3.8) is 0 Å². The van der Waals surface area contributed by atoms with Gasteiger partial charge in [0.2, 0.25) is 0 Å². The Bertz CT molecular complexity index is 474. The highest BCUT2D eigenvalue weighted by molar-refractivity contribution is 5.97. The molecule has 1 aliphatic rings. The lowest BCUT2D eigenvalue weighted by Gasteiger charge is -2.29. The highest BCUT2D eigenvalue weighted by Gasteiger charge is 2.20. The summed E-state index contributed by atoms with van der Waals surface area (Å²) in [4.78, 5) is 13.4. The number of carbonyl (C=O) groups is 1. The van der Waals surface area contributed by atoms with Crippen LogP contribution in [0.3, 0.4) is 0 Å². The molecular weight excluding hydrogens is 230 g/mol. The van der Waals surface area contributed by atoms with Gasteiger partial charge in [-0.3, -0.25) is 4.79 Å². The molecule has 0 radical (unpaired) electrons. The molecule has 0 fully saturated rings. The first kappa shape index (κ1) is 12.5. The standard InChI is InChI=1S/C13H19N3O2/c1-4-8(2)16(3)11-6-10-12(5-9(11)14)18-7-13(17)15-10/h5-6,8H,4,7,14H2,1-3H3,(H,15,17). The van der Waals surface area contributed by atoms with Crippen LogP contribution in [0.2, 0.25) is 0 Å². The summed E-state index contributed by atoms with van der Waals surface area (Å²) in [6, 6.07) is 4.02. The van der Waals surface area contributed by atoms with E-state index in [0.29, 0.717) is 23.2 Å². The largest absolute Gasteiger partial charge is 0.482 e. The van der Waals surface area contributed by atoms with E-state index in [-0.39, 0.29) is 12.5 Å². The highest BCUT2D eigenvalue weighted by Crippen LogP contribution is 2.37. The quantitative estimate of drug-likeness (QED) is 0.802. The fourth-order valence-electron chi connectivity index (χ4n) is 1.95. The third-order valence-corrected chi connectivity index (χ3v) is 3.39. The maximum Gasteiger partial charge on any atom is 0.262 e. The van der Waals surface area contributed by atoms with Gasteiger partial charge in [-0.15, -0.1) is 0 Å². The Hall–Kier alpha value is -1.91. The van der Waals surface area contributed by atoms with Crippen LogP contribution in [0.15, 0.2) is 12.1 Å². The first-order valence-corrected chi connectivity index (χ1v) is 6.12. The third-order valence-electron chi connectivity index (χ3n) is 3.39. The van der Waals surface area contributed by atoms with Crippen LogP contribution < -0.4 is 20.7 Å². The van der Waals surface area contributed by atoms with Crippen LogP contribution >= 0.6 is 0 Å². The molecule has 0 bridgehead atoms. The van der Waals surface area contributed by atoms with Gasteiger partial charge in [0.25, 0.3) is 5.91 Å². The maximum absolute atomic E-state index is 11.3. The number of nitrogens with two attached hydrogens (primary N) is 1. The van der Waals surface area contributed by atoms with Crippen molar-refractivity contribution in [3.05, 3.63) is 12.1 Å². The number of rotatable bonds is 3. The number of hydrogen-bond acceptors (Lipinski definition) is 4. The van der Waals surface area contributed by atoms with Gasteiger partial charge in [0, 0.05) is 19.2 Å². The van der Waals surface area contributed by atoms with Gasteiger partial charge >= 0.3 is 0 Å². The number of fused-ring (bicyclic) bond motifs is 1. The number of nitrogens with one attached hydrogen (secondary N) is 1. The first-order chi connectivity index (χ1) is 8.52. The van der Waals surface area contributed by atoms with E-state index in [1.807, 2.05) is 13.1 Å². The SMILES string of the molecule is CCC(C)N(C)c1cc2c(cc1N)OCC(=O)N2. The number of hydrogen-bond donors (Lipinski definition) is 2. The Balaban J connectivity index is 2.37. The minimum Gasteiger partial charge on any atom is -0.482 e. The zero-order valence-corrected chi connectivity index (χ0v) is 11.0. The molecule has 1 heterocycles. The predicted molar refractivity (Wildman–Crippen MR) is 73.1 cm³/mol. The van der Waals surface area contributed by atoms with Crippen molar-refractivity contribution in [1.29, 1.82) is 0 Å². The second-order valence-corrected chi connectivity index (χ2v) is 4.61. The molecule has 0 aliphatic carbocycles. The minimum atomic E-state index is -0.135. The van der Waals surface area contributed by atoms with Gasteiger partial charge in [0.05, 0.1) is 17.1 Å². The van der Waals surface area contributed by atoms with Crippen molar-refractivity contribution in [3.8, 4) is 5.75 Å². The first-order valence-electron chi connectivity index (χ1n) is 6.12. The fraction of sp³-hybridized carbons (Fsp3) is 0.462. The van der Waals surface area contributed by atoms with Gasteiger partial charge in [0.1, 0.15) is 5.75 Å². The number of ether oxygens (including phenoxy) is 1. The van der Waals surface area contributed by atoms with E-state index in [9.17, 15) is 4.79 Å². The van der Waals surface area contributed by atoms with Crippen LogP contribution in [-0.4, -0.2) is 25.6 Å². The molecule has 0 aromatic heterocycles. The van der Waals surface area contributed by atoms with Crippen LogP contribution in [0.5, 0.6) is 5.75 Å². The molecule has 0 saturated carbocycles. The maximum atomic E-state index is 11.3. The molecule has 1 aromatic carbocycles. The number of benzene rings is 1. The molecule has 5 heteroatoms. The smallest absolute Gasteiger partial charge is 0.262 e. The summed E-state index contributed by atoms with van der Waals surface area (Å²) in [6.45, 7) is 4.31. The van der Waals surface area contributed by atoms with E-state index in [1.165, 1.54) is 0 Å². The lowest BCUT2D eigenvalue weighted by atomic mass is 10.1. The number of nitrogens with zero attached hydrogens (tertiary/aromatic N) is 1. The summed E-state index contributed by atoms with van der Waals surface area (Å²) in [5.74, 6) is 0.498. The molecule has 1 unspecified atom stereocenters. The summed E-state index contributed by atoms with van der Waals surface area (Å²) in [5.41, 5.74) is 8.29. The monoisotopic (exact) mass is 249 g/mol. The molecule has 1 aromatic rings. The lowest BCUT2D eigenvalue weighted by Crippen LogP contribution is -2.30. The van der Waals surface area contributed by atoms with Crippen molar-refractivity contribution in [2.45, 2.75) is 26.3 Å². The second-order valence-electron chi connectivity index (χ2n) is 4.61. The van der Waals surface area contributed by atoms with Crippen LogP contribution in [0.1, 0.15) is 20.3 Å². The van der Waals surface area contributed by atoms with Crippen molar-refractivity contribution >= 4 is 23.0 Å². The van der Waals surface area contributed by atoms with E-state index in [4.69, 9.17) is 10.5 Å². The molecular formula is C13H19N3O2. The normalized spacial score (nSPS) is 15.4. The zero-order valence-electron chi connectivity index (χ0n) is 11.0. The van der Waals surface area contributed by atoms with Gasteiger partial charge in [-0.25, -0.2) is 0 Å². The summed E-state index contributed by atoms with van der Waals surface area (Å²) in [6.07, 6.45) is 1.02. The van der Waals surface area contributed by atoms with Gasteiger partial charge in [0.15, 0.2) is 6.61 Å². The summed E-state index contributed by atoms with van der Waals surface area (Å²) in [5, 5.41) is 2.79. The summed E-state index contributed by atoms with van der Waals surface area (Å²) >= 11 is 0. The minimum absolute atomic E-state index is 0.0486. The van der Waals surface area contributed by atoms with Crippen molar-refractivity contribution in [1.82, 2.24) is 0 Å². The molecule has 98 valence electrons. The molecule has 1 aliphatic heterocycles. The molecule has 0 spiro atoms. The Morgan fingerprint density at radius 2 is 2.28 bits per heavy atom. The van der Waals surface area contributed by atoms with Gasteiger partial charge in [-0.1, -0.05) is 6.92 Å². The number of nitrogen functional groups attached to an aromatic ring is 1. The van der Waals surface area contributed by atoms with Crippen LogP contribution in [0.4, 0.5) is 17.1 Å². The molecule has 5 nitrogen and oxygen atoms in total. The van der Waals surface area contributed by atoms with Crippen LogP contribution in [0, 0.1) is 0 Å². The van der Waals surface area contributed by atoms with E-state index >= 15 is 0 Å². The fourth-order valence-corrected chi connectivity index (χ4v) is 1.95. The third kappa shape index (κ3) is 2.20. The Morgan fingerprint density at radius 1 is 1.56 bits per heavy atom. The summed E-state index contributed by atoms with van der Waals surface area (Å²) < 4.78 is 5.33.